The number of aromatic nitrogens is 2. The fourth-order valence-corrected chi connectivity index (χ4v) is 2.04. The molecule has 1 aromatic carbocycles. The average molecular weight is 346 g/mol. The Morgan fingerprint density at radius 2 is 2.00 bits per heavy atom. The number of nitro groups is 1. The smallest absolute Gasteiger partial charge is 0.358 e. The molecule has 0 aliphatic carbocycles. The molecule has 6 nitrogen and oxygen atoms in total. The minimum absolute atomic E-state index is 0.0734. The number of ketones is 1. The summed E-state index contributed by atoms with van der Waals surface area (Å²) in [6.07, 6.45) is 1.19. The monoisotopic (exact) mass is 345 g/mol. The van der Waals surface area contributed by atoms with Gasteiger partial charge in [0.15, 0.2) is 5.78 Å². The molecule has 0 saturated heterocycles. The van der Waals surface area contributed by atoms with Crippen LogP contribution in [0.3, 0.4) is 0 Å². The number of halogens is 3. The van der Waals surface area contributed by atoms with Crippen LogP contribution in [0.5, 0.6) is 0 Å². The second kappa shape index (κ2) is 5.45. The summed E-state index contributed by atoms with van der Waals surface area (Å²) in [5, 5.41) is 14.1. The molecule has 0 amide bonds. The summed E-state index contributed by atoms with van der Waals surface area (Å²) in [5.41, 5.74) is -0.693. The molecule has 0 bridgehead atoms. The maximum absolute atomic E-state index is 13.4. The van der Waals surface area contributed by atoms with Gasteiger partial charge < -0.3 is 10.1 Å². The van der Waals surface area contributed by atoms with Crippen molar-refractivity contribution >= 4 is 27.5 Å². The molecule has 0 saturated carbocycles. The molecule has 0 spiro atoms. The third-order valence-electron chi connectivity index (χ3n) is 2.42. The zero-order chi connectivity index (χ0) is 14.9. The van der Waals surface area contributed by atoms with E-state index in [0.717, 1.165) is 22.9 Å². The molecular weight excluding hydrogens is 340 g/mol. The lowest BCUT2D eigenvalue weighted by molar-refractivity contribution is -0.390. The maximum Gasteiger partial charge on any atom is 0.404 e. The van der Waals surface area contributed by atoms with Gasteiger partial charge in [0.1, 0.15) is 22.7 Å². The minimum Gasteiger partial charge on any atom is -0.358 e. The average Bonchev–Trinajstić information content (AvgIpc) is 2.70. The number of hydrogen-bond acceptors (Lipinski definition) is 4. The highest BCUT2D eigenvalue weighted by molar-refractivity contribution is 9.10. The quantitative estimate of drug-likeness (QED) is 0.485. The minimum atomic E-state index is -0.990. The Balaban J connectivity index is 2.28. The third-order valence-corrected chi connectivity index (χ3v) is 2.98. The van der Waals surface area contributed by atoms with E-state index in [1.807, 2.05) is 0 Å². The number of hydrogen-bond donors (Lipinski definition) is 0. The Hall–Kier alpha value is -2.16. The van der Waals surface area contributed by atoms with E-state index in [2.05, 4.69) is 21.0 Å². The van der Waals surface area contributed by atoms with E-state index in [4.69, 9.17) is 0 Å². The van der Waals surface area contributed by atoms with Gasteiger partial charge in [0.2, 0.25) is 0 Å². The first kappa shape index (κ1) is 14.3. The van der Waals surface area contributed by atoms with Gasteiger partial charge in [0, 0.05) is 0 Å². The molecule has 0 aliphatic heterocycles. The van der Waals surface area contributed by atoms with Crippen LogP contribution in [0.2, 0.25) is 0 Å². The number of nitrogens with zero attached hydrogens (tertiary/aromatic N) is 3. The van der Waals surface area contributed by atoms with E-state index in [1.165, 1.54) is 6.20 Å². The van der Waals surface area contributed by atoms with Crippen LogP contribution in [0, 0.1) is 21.7 Å². The lowest BCUT2D eigenvalue weighted by Crippen LogP contribution is -2.14. The Morgan fingerprint density at radius 3 is 2.50 bits per heavy atom. The summed E-state index contributed by atoms with van der Waals surface area (Å²) in [6, 6.07) is 3.05. The molecule has 0 N–H and O–H groups in total. The molecule has 0 unspecified atom stereocenters. The first-order valence-electron chi connectivity index (χ1n) is 5.24. The normalized spacial score (nSPS) is 10.6. The Bertz CT molecular complexity index is 682. The Labute approximate surface area is 119 Å². The van der Waals surface area contributed by atoms with Crippen molar-refractivity contribution in [3.63, 3.8) is 0 Å². The lowest BCUT2D eigenvalue weighted by atomic mass is 10.1. The van der Waals surface area contributed by atoms with Crippen molar-refractivity contribution in [2.75, 3.05) is 0 Å². The second-order valence-corrected chi connectivity index (χ2v) is 4.63. The number of carbonyl (C=O) groups excluding carboxylic acids is 1. The van der Waals surface area contributed by atoms with Crippen molar-refractivity contribution in [1.29, 1.82) is 0 Å². The Kier molecular flexibility index (Phi) is 3.89. The molecule has 0 atom stereocenters. The molecule has 0 fully saturated rings. The van der Waals surface area contributed by atoms with E-state index < -0.39 is 40.3 Å². The van der Waals surface area contributed by atoms with Gasteiger partial charge in [-0.3, -0.25) is 4.79 Å². The third kappa shape index (κ3) is 2.72. The van der Waals surface area contributed by atoms with Crippen molar-refractivity contribution in [3.05, 3.63) is 56.2 Å². The van der Waals surface area contributed by atoms with Crippen LogP contribution in [-0.2, 0) is 6.54 Å². The van der Waals surface area contributed by atoms with Crippen LogP contribution >= 0.6 is 15.9 Å². The molecule has 1 aromatic heterocycles. The molecule has 9 heteroatoms. The van der Waals surface area contributed by atoms with E-state index in [9.17, 15) is 23.7 Å². The first-order valence-corrected chi connectivity index (χ1v) is 6.04. The van der Waals surface area contributed by atoms with Gasteiger partial charge in [0.25, 0.3) is 0 Å². The highest BCUT2D eigenvalue weighted by Crippen LogP contribution is 2.22. The number of rotatable bonds is 4. The van der Waals surface area contributed by atoms with Crippen molar-refractivity contribution in [1.82, 2.24) is 9.78 Å². The highest BCUT2D eigenvalue weighted by Gasteiger charge is 2.23. The van der Waals surface area contributed by atoms with Crippen LogP contribution in [-0.4, -0.2) is 20.5 Å². The molecule has 104 valence electrons. The van der Waals surface area contributed by atoms with Gasteiger partial charge in [-0.2, -0.15) is 4.68 Å². The SMILES string of the molecule is O=C(Cn1cc(Br)c([N+](=O)[O-])n1)c1c(F)cccc1F. The molecule has 2 aromatic rings. The lowest BCUT2D eigenvalue weighted by Gasteiger charge is -2.02. The largest absolute Gasteiger partial charge is 0.404 e. The van der Waals surface area contributed by atoms with Crippen molar-refractivity contribution in [3.8, 4) is 0 Å². The molecule has 0 radical (unpaired) electrons. The van der Waals surface area contributed by atoms with Gasteiger partial charge in [-0.25, -0.2) is 8.78 Å². The van der Waals surface area contributed by atoms with Gasteiger partial charge in [-0.1, -0.05) is 6.07 Å². The van der Waals surface area contributed by atoms with Gasteiger partial charge in [-0.15, -0.1) is 0 Å². The van der Waals surface area contributed by atoms with Crippen molar-refractivity contribution in [2.24, 2.45) is 0 Å². The predicted molar refractivity (Wildman–Crippen MR) is 67.3 cm³/mol. The Morgan fingerprint density at radius 1 is 1.40 bits per heavy atom. The molecule has 20 heavy (non-hydrogen) atoms. The number of carbonyl (C=O) groups is 1. The zero-order valence-corrected chi connectivity index (χ0v) is 11.3. The maximum atomic E-state index is 13.4. The van der Waals surface area contributed by atoms with Crippen LogP contribution in [0.4, 0.5) is 14.6 Å². The van der Waals surface area contributed by atoms with Gasteiger partial charge in [-0.05, 0) is 33.0 Å². The van der Waals surface area contributed by atoms with E-state index >= 15 is 0 Å². The summed E-state index contributed by atoms with van der Waals surface area (Å²) < 4.78 is 27.8. The summed E-state index contributed by atoms with van der Waals surface area (Å²) >= 11 is 2.91. The fraction of sp³-hybridized carbons (Fsp3) is 0.0909. The molecular formula is C11H6BrF2N3O3. The first-order chi connectivity index (χ1) is 9.40. The number of Topliss-reactive ketones (excluding diaryl/α,β-unsaturated/α-hetero) is 1. The predicted octanol–water partition coefficient (Wildman–Crippen LogP) is 2.71. The van der Waals surface area contributed by atoms with E-state index in [-0.39, 0.29) is 4.47 Å². The van der Waals surface area contributed by atoms with Crippen LogP contribution in [0.1, 0.15) is 10.4 Å². The topological polar surface area (TPSA) is 78.0 Å². The molecule has 1 heterocycles. The second-order valence-electron chi connectivity index (χ2n) is 3.78. The van der Waals surface area contributed by atoms with E-state index in [0.29, 0.717) is 0 Å². The summed E-state index contributed by atoms with van der Waals surface area (Å²) in [4.78, 5) is 21.7. The summed E-state index contributed by atoms with van der Waals surface area (Å²) in [6.45, 7) is -0.510. The summed E-state index contributed by atoms with van der Waals surface area (Å²) in [7, 11) is 0. The van der Waals surface area contributed by atoms with Gasteiger partial charge in [0.05, 0.1) is 16.9 Å². The zero-order valence-electron chi connectivity index (χ0n) is 9.72. The molecule has 0 aliphatic rings. The number of benzene rings is 1. The fourth-order valence-electron chi connectivity index (χ4n) is 1.58. The highest BCUT2D eigenvalue weighted by atomic mass is 79.9. The van der Waals surface area contributed by atoms with Crippen LogP contribution in [0.15, 0.2) is 28.9 Å². The molecule has 2 rings (SSSR count). The van der Waals surface area contributed by atoms with Crippen molar-refractivity contribution < 1.29 is 18.5 Å². The van der Waals surface area contributed by atoms with Gasteiger partial charge >= 0.3 is 5.82 Å². The standard InChI is InChI=1S/C11H6BrF2N3O3/c12-6-4-16(15-11(6)17(19)20)5-9(18)10-7(13)2-1-3-8(10)14/h1-4H,5H2. The van der Waals surface area contributed by atoms with E-state index in [1.54, 1.807) is 0 Å². The summed E-state index contributed by atoms with van der Waals surface area (Å²) in [5.74, 6) is -3.33. The van der Waals surface area contributed by atoms with Crippen LogP contribution < -0.4 is 0 Å². The van der Waals surface area contributed by atoms with Crippen LogP contribution in [0.25, 0.3) is 0 Å². The van der Waals surface area contributed by atoms with Crippen molar-refractivity contribution in [2.45, 2.75) is 6.54 Å².